The molecule has 16 nitrogen and oxygen atoms in total. The molecule has 0 aliphatic heterocycles. The molecule has 9 N–H and O–H groups in total. The zero-order chi connectivity index (χ0) is 19.6. The maximum absolute atomic E-state index is 10.3. The van der Waals surface area contributed by atoms with Gasteiger partial charge in [-0.25, -0.2) is 9.36 Å². The molecular formula is C6H13Na2O16PS. The number of rotatable bonds is 5. The van der Waals surface area contributed by atoms with Gasteiger partial charge in [-0.1, -0.05) is 0 Å². The van der Waals surface area contributed by atoms with E-state index >= 15 is 0 Å². The minimum atomic E-state index is -5.17. The Morgan fingerprint density at radius 2 is 1.04 bits per heavy atom. The summed E-state index contributed by atoms with van der Waals surface area (Å²) in [5.41, 5.74) is -2.74. The number of aliphatic hydroxyl groups is 1. The smallest absolute Gasteiger partial charge is 0.759 e. The van der Waals surface area contributed by atoms with Gasteiger partial charge in [0.1, 0.15) is 0 Å². The van der Waals surface area contributed by atoms with E-state index in [0.29, 0.717) is 0 Å². The summed E-state index contributed by atoms with van der Waals surface area (Å²) in [6.07, 6.45) is -2.29. The van der Waals surface area contributed by atoms with E-state index < -0.39 is 54.6 Å². The largest absolute Gasteiger partial charge is 1.00 e. The van der Waals surface area contributed by atoms with Crippen LogP contribution in [0.4, 0.5) is 0 Å². The molecule has 0 saturated carbocycles. The van der Waals surface area contributed by atoms with Crippen LogP contribution < -0.4 is 59.1 Å². The summed E-state index contributed by atoms with van der Waals surface area (Å²) in [6.45, 7) is 0. The van der Waals surface area contributed by atoms with Crippen LogP contribution in [-0.2, 0) is 29.3 Å². The summed E-state index contributed by atoms with van der Waals surface area (Å²) in [5, 5.41) is 33.8. The first-order chi connectivity index (χ1) is 9.78. The van der Waals surface area contributed by atoms with Gasteiger partial charge in [-0.15, -0.1) is 0 Å². The average molecular weight is 450 g/mol. The Morgan fingerprint density at radius 3 is 1.12 bits per heavy atom. The fourth-order valence-electron chi connectivity index (χ4n) is 0.714. The fraction of sp³-hybridized carbons (Fsp3) is 0.500. The minimum absolute atomic E-state index is 0. The van der Waals surface area contributed by atoms with Crippen molar-refractivity contribution in [3.8, 4) is 0 Å². The molecule has 0 rings (SSSR count). The predicted octanol–water partition coefficient (Wildman–Crippen LogP) is -10.3. The van der Waals surface area contributed by atoms with Gasteiger partial charge in [-0.2, -0.15) is 0 Å². The van der Waals surface area contributed by atoms with Crippen LogP contribution in [0.3, 0.4) is 0 Å². The number of carbonyl (C=O) groups is 3. The molecule has 0 atom stereocenters. The van der Waals surface area contributed by atoms with E-state index in [0.717, 1.165) is 0 Å². The Morgan fingerprint density at radius 1 is 0.885 bits per heavy atom. The number of carboxylic acid groups (broad SMARTS) is 3. The Labute approximate surface area is 189 Å². The van der Waals surface area contributed by atoms with Crippen molar-refractivity contribution >= 4 is 36.1 Å². The van der Waals surface area contributed by atoms with Gasteiger partial charge >= 0.3 is 84.8 Å². The quantitative estimate of drug-likeness (QED) is 0.0884. The first kappa shape index (κ1) is 40.9. The van der Waals surface area contributed by atoms with Gasteiger partial charge in [-0.3, -0.25) is 18.0 Å². The third-order valence-corrected chi connectivity index (χ3v) is 1.29. The molecule has 0 aliphatic carbocycles. The molecular weight excluding hydrogens is 437 g/mol. The van der Waals surface area contributed by atoms with E-state index in [2.05, 4.69) is 0 Å². The number of phosphoric acid groups is 1. The van der Waals surface area contributed by atoms with Gasteiger partial charge in [0.15, 0.2) is 5.60 Å². The third-order valence-electron chi connectivity index (χ3n) is 1.29. The molecule has 0 aromatic heterocycles. The minimum Gasteiger partial charge on any atom is -0.759 e. The number of hydrogen-bond donors (Lipinski definition) is 7. The Balaban J connectivity index is -0.0000000652. The van der Waals surface area contributed by atoms with Crippen molar-refractivity contribution in [3.05, 3.63) is 0 Å². The zero-order valence-corrected chi connectivity index (χ0v) is 18.9. The third kappa shape index (κ3) is 49.7. The van der Waals surface area contributed by atoms with Crippen LogP contribution in [0.2, 0.25) is 0 Å². The topological polar surface area (TPSA) is 322 Å². The van der Waals surface area contributed by atoms with Crippen LogP contribution in [0.15, 0.2) is 0 Å². The van der Waals surface area contributed by atoms with Gasteiger partial charge in [0.05, 0.1) is 12.8 Å². The molecule has 0 spiro atoms. The molecule has 0 radical (unpaired) electrons. The van der Waals surface area contributed by atoms with Crippen molar-refractivity contribution in [2.24, 2.45) is 0 Å². The first-order valence-corrected chi connectivity index (χ1v) is 7.52. The molecule has 0 amide bonds. The summed E-state index contributed by atoms with van der Waals surface area (Å²) in [7, 11) is -9.81. The summed E-state index contributed by atoms with van der Waals surface area (Å²) in [4.78, 5) is 52.0. The Hall–Kier alpha value is 0.310. The summed E-state index contributed by atoms with van der Waals surface area (Å²) >= 11 is 0. The molecule has 0 unspecified atom stereocenters. The van der Waals surface area contributed by atoms with Crippen LogP contribution in [0.25, 0.3) is 0 Å². The molecule has 0 saturated heterocycles. The van der Waals surface area contributed by atoms with Crippen LogP contribution in [0.5, 0.6) is 0 Å². The van der Waals surface area contributed by atoms with E-state index in [1.165, 1.54) is 0 Å². The second-order valence-corrected chi connectivity index (χ2v) is 5.24. The average Bonchev–Trinajstić information content (AvgIpc) is 2.07. The van der Waals surface area contributed by atoms with Crippen LogP contribution >= 0.6 is 7.82 Å². The van der Waals surface area contributed by atoms with E-state index in [-0.39, 0.29) is 64.6 Å². The number of aliphatic carboxylic acids is 3. The summed E-state index contributed by atoms with van der Waals surface area (Å²) in [5.74, 6) is -5.02. The summed E-state index contributed by atoms with van der Waals surface area (Å²) < 4.78 is 43.0. The van der Waals surface area contributed by atoms with E-state index in [1.807, 2.05) is 0 Å². The van der Waals surface area contributed by atoms with Crippen molar-refractivity contribution in [1.29, 1.82) is 0 Å². The number of hydrogen-bond acceptors (Lipinski definition) is 9. The van der Waals surface area contributed by atoms with Gasteiger partial charge < -0.3 is 49.7 Å². The first-order valence-electron chi connectivity index (χ1n) is 4.62. The van der Waals surface area contributed by atoms with Crippen molar-refractivity contribution in [1.82, 2.24) is 0 Å². The van der Waals surface area contributed by atoms with Crippen molar-refractivity contribution in [3.63, 3.8) is 0 Å². The predicted molar refractivity (Wildman–Crippen MR) is 65.4 cm³/mol. The van der Waals surface area contributed by atoms with Crippen molar-refractivity contribution in [2.45, 2.75) is 18.4 Å². The van der Waals surface area contributed by atoms with Gasteiger partial charge in [0.25, 0.3) is 0 Å². The molecule has 0 aromatic carbocycles. The maximum Gasteiger partial charge on any atom is 1.00 e. The normalized spacial score (nSPS) is 9.92. The Kier molecular flexibility index (Phi) is 27.4. The molecule has 0 bridgehead atoms. The van der Waals surface area contributed by atoms with Gasteiger partial charge in [0, 0.05) is 10.4 Å². The van der Waals surface area contributed by atoms with Crippen molar-refractivity contribution in [2.75, 3.05) is 0 Å². The molecule has 20 heteroatoms. The fourth-order valence-corrected chi connectivity index (χ4v) is 0.714. The molecule has 0 fully saturated rings. The number of carboxylic acids is 3. The molecule has 146 valence electrons. The second-order valence-electron chi connectivity index (χ2n) is 3.40. The summed E-state index contributed by atoms with van der Waals surface area (Å²) in [6, 6.07) is 0. The standard InChI is InChI=1S/C6H8O7.2Na.H3O4P.H2O4S.H2O/c7-3(8)1-6(13,5(11)12)2-4(9)10;;;2*1-5(2,3)4;/h13H,1-2H2,(H,7,8)(H,9,10)(H,11,12);;;(H3,1,2,3,4);(H2,1,2,3,4);1H2/q;2*+1;;;/p-2. The monoisotopic (exact) mass is 450 g/mol. The van der Waals surface area contributed by atoms with Gasteiger partial charge in [0.2, 0.25) is 0 Å². The van der Waals surface area contributed by atoms with Crippen LogP contribution in [0, 0.1) is 0 Å². The molecule has 0 aromatic rings. The van der Waals surface area contributed by atoms with Crippen molar-refractivity contribution < 1.29 is 136 Å². The maximum atomic E-state index is 10.3. The van der Waals surface area contributed by atoms with E-state index in [1.54, 1.807) is 0 Å². The Bertz CT molecular complexity index is 535. The second kappa shape index (κ2) is 17.4. The van der Waals surface area contributed by atoms with Gasteiger partial charge in [-0.05, 0) is 0 Å². The van der Waals surface area contributed by atoms with Crippen LogP contribution in [0.1, 0.15) is 12.8 Å². The molecule has 0 heterocycles. The van der Waals surface area contributed by atoms with E-state index in [4.69, 9.17) is 57.2 Å². The zero-order valence-electron chi connectivity index (χ0n) is 13.2. The van der Waals surface area contributed by atoms with Crippen LogP contribution in [-0.4, -0.2) is 81.6 Å². The SMILES string of the molecule is O.O=C(O)CC(O)(CC(=O)O)C(=O)O.O=P(O)(O)O.O=S(=O)([O-])[O-].[Na+].[Na+]. The van der Waals surface area contributed by atoms with E-state index in [9.17, 15) is 14.4 Å². The molecule has 0 aliphatic rings. The molecule has 26 heavy (non-hydrogen) atoms.